The lowest BCUT2D eigenvalue weighted by Crippen LogP contribution is -2.42. The number of carbonyl (C=O) groups excluding carboxylic acids is 1. The Bertz CT molecular complexity index is 867. The first-order chi connectivity index (χ1) is 12.7. The summed E-state index contributed by atoms with van der Waals surface area (Å²) >= 11 is 0. The number of nitrogens with zero attached hydrogens (tertiary/aromatic N) is 4. The number of aryl methyl sites for hydroxylation is 2. The number of nitrogens with one attached hydrogen (secondary N) is 1. The van der Waals surface area contributed by atoms with Crippen molar-refractivity contribution < 1.29 is 9.53 Å². The predicted molar refractivity (Wildman–Crippen MR) is 97.6 cm³/mol. The van der Waals surface area contributed by atoms with E-state index in [0.29, 0.717) is 32.5 Å². The van der Waals surface area contributed by atoms with E-state index in [1.165, 1.54) is 0 Å². The van der Waals surface area contributed by atoms with Gasteiger partial charge in [0.1, 0.15) is 11.9 Å². The van der Waals surface area contributed by atoms with Crippen LogP contribution in [-0.4, -0.2) is 50.3 Å². The van der Waals surface area contributed by atoms with Crippen molar-refractivity contribution in [3.05, 3.63) is 48.0 Å². The van der Waals surface area contributed by atoms with Crippen molar-refractivity contribution >= 4 is 16.9 Å². The monoisotopic (exact) mass is 353 g/mol. The van der Waals surface area contributed by atoms with Crippen molar-refractivity contribution in [1.29, 1.82) is 0 Å². The van der Waals surface area contributed by atoms with Crippen LogP contribution in [0.15, 0.2) is 36.7 Å². The number of benzene rings is 1. The van der Waals surface area contributed by atoms with Crippen molar-refractivity contribution in [2.24, 2.45) is 0 Å². The van der Waals surface area contributed by atoms with E-state index in [1.54, 1.807) is 0 Å². The van der Waals surface area contributed by atoms with Crippen molar-refractivity contribution in [2.45, 2.75) is 32.4 Å². The second kappa shape index (κ2) is 7.29. The number of morpholine rings is 1. The zero-order chi connectivity index (χ0) is 17.9. The summed E-state index contributed by atoms with van der Waals surface area (Å²) in [7, 11) is 0. The number of aromatic amines is 1. The van der Waals surface area contributed by atoms with Crippen LogP contribution >= 0.6 is 0 Å². The van der Waals surface area contributed by atoms with E-state index in [0.717, 1.165) is 29.0 Å². The lowest BCUT2D eigenvalue weighted by atomic mass is 10.1. The van der Waals surface area contributed by atoms with Crippen LogP contribution in [0.2, 0.25) is 0 Å². The van der Waals surface area contributed by atoms with Crippen molar-refractivity contribution in [1.82, 2.24) is 24.6 Å². The molecular weight excluding hydrogens is 330 g/mol. The number of amides is 1. The summed E-state index contributed by atoms with van der Waals surface area (Å²) in [4.78, 5) is 22.3. The highest BCUT2D eigenvalue weighted by Crippen LogP contribution is 2.22. The van der Waals surface area contributed by atoms with Gasteiger partial charge in [-0.25, -0.2) is 4.98 Å². The van der Waals surface area contributed by atoms with Crippen molar-refractivity contribution in [2.75, 3.05) is 19.7 Å². The topological polar surface area (TPSA) is 76.0 Å². The fourth-order valence-corrected chi connectivity index (χ4v) is 3.30. The summed E-state index contributed by atoms with van der Waals surface area (Å²) in [6.45, 7) is 4.64. The zero-order valence-electron chi connectivity index (χ0n) is 14.9. The Morgan fingerprint density at radius 3 is 3.08 bits per heavy atom. The molecule has 0 bridgehead atoms. The van der Waals surface area contributed by atoms with Crippen LogP contribution < -0.4 is 0 Å². The number of fused-ring (bicyclic) bond motifs is 1. The van der Waals surface area contributed by atoms with Gasteiger partial charge in [0.15, 0.2) is 0 Å². The molecule has 0 aliphatic carbocycles. The molecule has 7 nitrogen and oxygen atoms in total. The molecule has 0 saturated carbocycles. The van der Waals surface area contributed by atoms with Gasteiger partial charge < -0.3 is 14.6 Å². The first-order valence-corrected chi connectivity index (χ1v) is 9.08. The molecule has 136 valence electrons. The van der Waals surface area contributed by atoms with Crippen LogP contribution in [0.3, 0.4) is 0 Å². The third-order valence-corrected chi connectivity index (χ3v) is 4.78. The summed E-state index contributed by atoms with van der Waals surface area (Å²) in [5, 5.41) is 4.30. The summed E-state index contributed by atoms with van der Waals surface area (Å²) in [5.74, 6) is 0.996. The molecule has 7 heteroatoms. The van der Waals surface area contributed by atoms with Crippen LogP contribution in [0.25, 0.3) is 11.0 Å². The molecule has 1 saturated heterocycles. The molecular formula is C19H23N5O2. The Morgan fingerprint density at radius 2 is 2.27 bits per heavy atom. The SMILES string of the molecule is CCn1cc(C2CN(C(=O)CCc3nc4ccccc4[nH]3)CCO2)cn1. The molecule has 1 amide bonds. The van der Waals surface area contributed by atoms with Gasteiger partial charge in [-0.1, -0.05) is 12.1 Å². The molecule has 1 aliphatic rings. The van der Waals surface area contributed by atoms with Gasteiger partial charge in [-0.15, -0.1) is 0 Å². The summed E-state index contributed by atoms with van der Waals surface area (Å²) in [6.07, 6.45) is 4.78. The molecule has 1 atom stereocenters. The van der Waals surface area contributed by atoms with Gasteiger partial charge in [0.25, 0.3) is 0 Å². The molecule has 2 aromatic heterocycles. The highest BCUT2D eigenvalue weighted by Gasteiger charge is 2.26. The fourth-order valence-electron chi connectivity index (χ4n) is 3.30. The van der Waals surface area contributed by atoms with Gasteiger partial charge in [-0.3, -0.25) is 9.48 Å². The average Bonchev–Trinajstić information content (AvgIpc) is 3.32. The fraction of sp³-hybridized carbons (Fsp3) is 0.421. The molecule has 3 heterocycles. The number of ether oxygens (including phenoxy) is 1. The van der Waals surface area contributed by atoms with E-state index in [9.17, 15) is 4.79 Å². The molecule has 26 heavy (non-hydrogen) atoms. The lowest BCUT2D eigenvalue weighted by Gasteiger charge is -2.32. The second-order valence-corrected chi connectivity index (χ2v) is 6.53. The zero-order valence-corrected chi connectivity index (χ0v) is 14.9. The highest BCUT2D eigenvalue weighted by molar-refractivity contribution is 5.77. The Hall–Kier alpha value is -2.67. The lowest BCUT2D eigenvalue weighted by molar-refractivity contribution is -0.139. The quantitative estimate of drug-likeness (QED) is 0.764. The van der Waals surface area contributed by atoms with Gasteiger partial charge >= 0.3 is 0 Å². The third-order valence-electron chi connectivity index (χ3n) is 4.78. The minimum atomic E-state index is -0.0980. The number of H-pyrrole nitrogens is 1. The number of hydrogen-bond acceptors (Lipinski definition) is 4. The van der Waals surface area contributed by atoms with Gasteiger partial charge in [0.05, 0.1) is 30.4 Å². The van der Waals surface area contributed by atoms with Gasteiger partial charge in [0, 0.05) is 37.7 Å². The number of aromatic nitrogens is 4. The average molecular weight is 353 g/mol. The van der Waals surface area contributed by atoms with Crippen molar-refractivity contribution in [3.63, 3.8) is 0 Å². The Morgan fingerprint density at radius 1 is 1.38 bits per heavy atom. The maximum Gasteiger partial charge on any atom is 0.223 e. The van der Waals surface area contributed by atoms with E-state index in [-0.39, 0.29) is 12.0 Å². The minimum Gasteiger partial charge on any atom is -0.370 e. The van der Waals surface area contributed by atoms with E-state index >= 15 is 0 Å². The van der Waals surface area contributed by atoms with Gasteiger partial charge in [-0.2, -0.15) is 5.10 Å². The van der Waals surface area contributed by atoms with E-state index in [1.807, 2.05) is 53.2 Å². The molecule has 1 aliphatic heterocycles. The summed E-state index contributed by atoms with van der Waals surface area (Å²) < 4.78 is 7.72. The molecule has 4 rings (SSSR count). The van der Waals surface area contributed by atoms with Gasteiger partial charge in [0.2, 0.25) is 5.91 Å². The first-order valence-electron chi connectivity index (χ1n) is 9.08. The Labute approximate surface area is 152 Å². The molecule has 1 aromatic carbocycles. The standard InChI is InChI=1S/C19H23N5O2/c1-2-24-12-14(11-20-24)17-13-23(9-10-26-17)19(25)8-7-18-21-15-5-3-4-6-16(15)22-18/h3-6,11-12,17H,2,7-10,13H2,1H3,(H,21,22). The Kier molecular flexibility index (Phi) is 4.71. The molecule has 1 unspecified atom stereocenters. The summed E-state index contributed by atoms with van der Waals surface area (Å²) in [5.41, 5.74) is 2.98. The van der Waals surface area contributed by atoms with Crippen LogP contribution in [0.4, 0.5) is 0 Å². The highest BCUT2D eigenvalue weighted by atomic mass is 16.5. The Balaban J connectivity index is 1.36. The number of rotatable bonds is 5. The van der Waals surface area contributed by atoms with E-state index < -0.39 is 0 Å². The molecule has 0 spiro atoms. The van der Waals surface area contributed by atoms with Crippen LogP contribution in [0.1, 0.15) is 30.8 Å². The molecule has 1 N–H and O–H groups in total. The maximum absolute atomic E-state index is 12.6. The van der Waals surface area contributed by atoms with Crippen molar-refractivity contribution in [3.8, 4) is 0 Å². The first kappa shape index (κ1) is 16.8. The van der Waals surface area contributed by atoms with Crippen LogP contribution in [0, 0.1) is 0 Å². The smallest absolute Gasteiger partial charge is 0.223 e. The number of hydrogen-bond donors (Lipinski definition) is 1. The predicted octanol–water partition coefficient (Wildman–Crippen LogP) is 2.31. The second-order valence-electron chi connectivity index (χ2n) is 6.53. The van der Waals surface area contributed by atoms with Crippen LogP contribution in [-0.2, 0) is 22.5 Å². The molecule has 3 aromatic rings. The van der Waals surface area contributed by atoms with E-state index in [2.05, 4.69) is 15.1 Å². The largest absolute Gasteiger partial charge is 0.370 e. The normalized spacial score (nSPS) is 17.7. The van der Waals surface area contributed by atoms with Gasteiger partial charge in [-0.05, 0) is 19.1 Å². The number of imidazole rings is 1. The number of carbonyl (C=O) groups is 1. The maximum atomic E-state index is 12.6. The third kappa shape index (κ3) is 3.48. The van der Waals surface area contributed by atoms with E-state index in [4.69, 9.17) is 4.74 Å². The summed E-state index contributed by atoms with van der Waals surface area (Å²) in [6, 6.07) is 7.91. The minimum absolute atomic E-state index is 0.0980. The number of para-hydroxylation sites is 2. The van der Waals surface area contributed by atoms with Crippen LogP contribution in [0.5, 0.6) is 0 Å². The molecule has 0 radical (unpaired) electrons. The molecule has 1 fully saturated rings.